The van der Waals surface area contributed by atoms with E-state index in [1.807, 2.05) is 13.0 Å². The molecule has 0 radical (unpaired) electrons. The molecule has 1 aromatic carbocycles. The Bertz CT molecular complexity index is 1010. The van der Waals surface area contributed by atoms with Gasteiger partial charge in [0, 0.05) is 19.9 Å². The molecule has 1 fully saturated rings. The number of hydrogen-bond acceptors (Lipinski definition) is 7. The van der Waals surface area contributed by atoms with Crippen LogP contribution in [0.1, 0.15) is 18.4 Å². The summed E-state index contributed by atoms with van der Waals surface area (Å²) in [5.74, 6) is 1.60. The van der Waals surface area contributed by atoms with E-state index in [9.17, 15) is 4.39 Å². The molecule has 0 bridgehead atoms. The lowest BCUT2D eigenvalue weighted by molar-refractivity contribution is 0.180. The molecule has 0 saturated carbocycles. The summed E-state index contributed by atoms with van der Waals surface area (Å²) in [6.07, 6.45) is 3.95. The van der Waals surface area contributed by atoms with Crippen LogP contribution < -0.4 is 9.64 Å². The summed E-state index contributed by atoms with van der Waals surface area (Å²) >= 11 is 0. The van der Waals surface area contributed by atoms with Crippen molar-refractivity contribution in [2.24, 2.45) is 0 Å². The molecular weight excluding hydrogens is 375 g/mol. The van der Waals surface area contributed by atoms with Crippen LogP contribution in [-0.2, 0) is 4.74 Å². The maximum absolute atomic E-state index is 13.7. The lowest BCUT2D eigenvalue weighted by Crippen LogP contribution is -2.33. The third-order valence-corrected chi connectivity index (χ3v) is 5.13. The van der Waals surface area contributed by atoms with Crippen LogP contribution in [0.3, 0.4) is 0 Å². The fraction of sp³-hybridized carbons (Fsp3) is 0.381. The van der Waals surface area contributed by atoms with Crippen molar-refractivity contribution in [3.05, 3.63) is 41.8 Å². The van der Waals surface area contributed by atoms with Crippen LogP contribution in [0.15, 0.2) is 35.0 Å². The van der Waals surface area contributed by atoms with Gasteiger partial charge < -0.3 is 18.9 Å². The third kappa shape index (κ3) is 3.80. The number of ether oxygens (including phenoxy) is 2. The highest BCUT2D eigenvalue weighted by molar-refractivity contribution is 5.66. The number of nitrogens with zero attached hydrogens (tertiary/aromatic N) is 4. The predicted octanol–water partition coefficient (Wildman–Crippen LogP) is 3.87. The molecule has 2 aromatic heterocycles. The molecule has 0 spiro atoms. The maximum atomic E-state index is 13.7. The van der Waals surface area contributed by atoms with E-state index in [1.54, 1.807) is 13.3 Å². The molecule has 1 unspecified atom stereocenters. The Labute approximate surface area is 168 Å². The number of rotatable bonds is 6. The molecule has 4 rings (SSSR count). The fourth-order valence-corrected chi connectivity index (χ4v) is 3.77. The second-order valence-electron chi connectivity index (χ2n) is 7.08. The average molecular weight is 398 g/mol. The standard InChI is InChI=1S/C21H23FN4O3/c1-13-9-14(11-23-20(13)26-8-4-5-16(26)12-27-2)21-24-19(25-29-21)17-10-15(22)6-7-18(17)28-3/h6-7,9-11,16H,4-5,8,12H2,1-3H3. The van der Waals surface area contributed by atoms with Crippen molar-refractivity contribution < 1.29 is 18.4 Å². The Balaban J connectivity index is 1.62. The molecule has 1 atom stereocenters. The van der Waals surface area contributed by atoms with Gasteiger partial charge in [0.1, 0.15) is 17.4 Å². The Morgan fingerprint density at radius 3 is 2.90 bits per heavy atom. The summed E-state index contributed by atoms with van der Waals surface area (Å²) in [5, 5.41) is 3.99. The number of anilines is 1. The summed E-state index contributed by atoms with van der Waals surface area (Å²) < 4.78 is 29.7. The van der Waals surface area contributed by atoms with Crippen LogP contribution in [0.4, 0.5) is 10.2 Å². The van der Waals surface area contributed by atoms with Crippen molar-refractivity contribution in [3.63, 3.8) is 0 Å². The summed E-state index contributed by atoms with van der Waals surface area (Å²) in [5.41, 5.74) is 2.17. The molecule has 1 saturated heterocycles. The van der Waals surface area contributed by atoms with E-state index in [0.29, 0.717) is 35.4 Å². The van der Waals surface area contributed by atoms with E-state index in [4.69, 9.17) is 14.0 Å². The van der Waals surface area contributed by atoms with Crippen molar-refractivity contribution in [1.29, 1.82) is 0 Å². The van der Waals surface area contributed by atoms with E-state index in [2.05, 4.69) is 20.0 Å². The van der Waals surface area contributed by atoms with Crippen molar-refractivity contribution in [2.75, 3.05) is 32.3 Å². The van der Waals surface area contributed by atoms with Gasteiger partial charge in [-0.15, -0.1) is 0 Å². The lowest BCUT2D eigenvalue weighted by Gasteiger charge is -2.26. The van der Waals surface area contributed by atoms with Gasteiger partial charge in [0.15, 0.2) is 0 Å². The lowest BCUT2D eigenvalue weighted by atomic mass is 10.1. The van der Waals surface area contributed by atoms with E-state index in [0.717, 1.165) is 30.8 Å². The first-order valence-electron chi connectivity index (χ1n) is 9.51. The van der Waals surface area contributed by atoms with Gasteiger partial charge in [-0.05, 0) is 49.6 Å². The normalized spacial score (nSPS) is 16.4. The molecule has 3 aromatic rings. The zero-order chi connectivity index (χ0) is 20.4. The molecule has 152 valence electrons. The Morgan fingerprint density at radius 2 is 2.14 bits per heavy atom. The number of methoxy groups -OCH3 is 2. The van der Waals surface area contributed by atoms with Crippen molar-refractivity contribution in [2.45, 2.75) is 25.8 Å². The van der Waals surface area contributed by atoms with Gasteiger partial charge >= 0.3 is 0 Å². The van der Waals surface area contributed by atoms with Crippen LogP contribution in [0.25, 0.3) is 22.8 Å². The minimum absolute atomic E-state index is 0.262. The van der Waals surface area contributed by atoms with Crippen LogP contribution in [0, 0.1) is 12.7 Å². The van der Waals surface area contributed by atoms with Gasteiger partial charge in [-0.25, -0.2) is 9.37 Å². The zero-order valence-electron chi connectivity index (χ0n) is 16.7. The van der Waals surface area contributed by atoms with Gasteiger partial charge in [0.25, 0.3) is 5.89 Å². The number of hydrogen-bond donors (Lipinski definition) is 0. The molecule has 8 heteroatoms. The average Bonchev–Trinajstić information content (AvgIpc) is 3.38. The third-order valence-electron chi connectivity index (χ3n) is 5.13. The predicted molar refractivity (Wildman–Crippen MR) is 106 cm³/mol. The van der Waals surface area contributed by atoms with Crippen molar-refractivity contribution in [1.82, 2.24) is 15.1 Å². The Morgan fingerprint density at radius 1 is 1.28 bits per heavy atom. The minimum Gasteiger partial charge on any atom is -0.496 e. The van der Waals surface area contributed by atoms with Crippen LogP contribution in [0.2, 0.25) is 0 Å². The highest BCUT2D eigenvalue weighted by Crippen LogP contribution is 2.32. The quantitative estimate of drug-likeness (QED) is 0.624. The second kappa shape index (κ2) is 8.16. The van der Waals surface area contributed by atoms with E-state index >= 15 is 0 Å². The molecule has 1 aliphatic rings. The Hall–Kier alpha value is -3.00. The molecule has 0 aliphatic carbocycles. The smallest absolute Gasteiger partial charge is 0.259 e. The maximum Gasteiger partial charge on any atom is 0.259 e. The topological polar surface area (TPSA) is 73.5 Å². The van der Waals surface area contributed by atoms with E-state index in [1.165, 1.54) is 25.3 Å². The molecule has 3 heterocycles. The first kappa shape index (κ1) is 19.3. The number of halogens is 1. The first-order chi connectivity index (χ1) is 14.1. The molecule has 29 heavy (non-hydrogen) atoms. The molecule has 1 aliphatic heterocycles. The molecular formula is C21H23FN4O3. The van der Waals surface area contributed by atoms with Gasteiger partial charge in [-0.2, -0.15) is 4.98 Å². The highest BCUT2D eigenvalue weighted by atomic mass is 19.1. The first-order valence-corrected chi connectivity index (χ1v) is 9.51. The molecule has 0 N–H and O–H groups in total. The molecule has 0 amide bonds. The Kier molecular flexibility index (Phi) is 5.44. The van der Waals surface area contributed by atoms with Crippen LogP contribution in [0.5, 0.6) is 5.75 Å². The van der Waals surface area contributed by atoms with Crippen LogP contribution in [-0.4, -0.2) is 48.5 Å². The zero-order valence-corrected chi connectivity index (χ0v) is 16.7. The monoisotopic (exact) mass is 398 g/mol. The van der Waals surface area contributed by atoms with E-state index < -0.39 is 5.82 Å². The number of pyridine rings is 1. The number of benzene rings is 1. The minimum atomic E-state index is -0.398. The molecule has 7 nitrogen and oxygen atoms in total. The van der Waals surface area contributed by atoms with Gasteiger partial charge in [0.05, 0.1) is 30.9 Å². The summed E-state index contributed by atoms with van der Waals surface area (Å²) in [6, 6.07) is 6.50. The van der Waals surface area contributed by atoms with Crippen LogP contribution >= 0.6 is 0 Å². The van der Waals surface area contributed by atoms with Gasteiger partial charge in [-0.3, -0.25) is 0 Å². The number of aromatic nitrogens is 3. The van der Waals surface area contributed by atoms with Crippen molar-refractivity contribution in [3.8, 4) is 28.6 Å². The summed E-state index contributed by atoms with van der Waals surface area (Å²) in [6.45, 7) is 3.66. The van der Waals surface area contributed by atoms with Crippen molar-refractivity contribution >= 4 is 5.82 Å². The fourth-order valence-electron chi connectivity index (χ4n) is 3.77. The summed E-state index contributed by atoms with van der Waals surface area (Å²) in [7, 11) is 3.24. The largest absolute Gasteiger partial charge is 0.496 e. The highest BCUT2D eigenvalue weighted by Gasteiger charge is 2.27. The van der Waals surface area contributed by atoms with E-state index in [-0.39, 0.29) is 5.82 Å². The second-order valence-corrected chi connectivity index (χ2v) is 7.08. The summed E-state index contributed by atoms with van der Waals surface area (Å²) in [4.78, 5) is 11.4. The SMILES string of the molecule is COCC1CCCN1c1ncc(-c2nc(-c3cc(F)ccc3OC)no2)cc1C. The van der Waals surface area contributed by atoms with Gasteiger partial charge in [0.2, 0.25) is 5.82 Å². The van der Waals surface area contributed by atoms with Gasteiger partial charge in [-0.1, -0.05) is 5.16 Å². The number of aryl methyl sites for hydroxylation is 1.